The molecular formula is C12H14N2O. The minimum absolute atomic E-state index is 0.236. The van der Waals surface area contributed by atoms with Crippen molar-refractivity contribution in [1.29, 1.82) is 5.26 Å². The van der Waals surface area contributed by atoms with E-state index >= 15 is 0 Å². The summed E-state index contributed by atoms with van der Waals surface area (Å²) in [6.07, 6.45) is 2.73. The summed E-state index contributed by atoms with van der Waals surface area (Å²) >= 11 is 0. The molecule has 1 heterocycles. The Morgan fingerprint density at radius 2 is 2.40 bits per heavy atom. The molecule has 0 aromatic heterocycles. The number of para-hydroxylation sites is 1. The van der Waals surface area contributed by atoms with Crippen LogP contribution in [-0.2, 0) is 6.42 Å². The third-order valence-electron chi connectivity index (χ3n) is 2.80. The van der Waals surface area contributed by atoms with Crippen LogP contribution in [0.15, 0.2) is 18.2 Å². The number of nitrogens with zero attached hydrogens (tertiary/aromatic N) is 1. The molecule has 3 heteroatoms. The molecule has 15 heavy (non-hydrogen) atoms. The fraction of sp³-hybridized carbons (Fsp3) is 0.417. The van der Waals surface area contributed by atoms with Gasteiger partial charge in [0.1, 0.15) is 6.07 Å². The molecule has 0 amide bonds. The summed E-state index contributed by atoms with van der Waals surface area (Å²) in [5, 5.41) is 21.1. The molecule has 1 aliphatic heterocycles. The molecule has 0 aliphatic carbocycles. The van der Waals surface area contributed by atoms with Crippen molar-refractivity contribution < 1.29 is 5.11 Å². The number of anilines is 1. The number of hydrogen-bond acceptors (Lipinski definition) is 3. The highest BCUT2D eigenvalue weighted by Gasteiger charge is 2.21. The summed E-state index contributed by atoms with van der Waals surface area (Å²) < 4.78 is 0. The zero-order chi connectivity index (χ0) is 10.7. The van der Waals surface area contributed by atoms with Crippen LogP contribution in [0.5, 0.6) is 0 Å². The molecule has 0 fully saturated rings. The van der Waals surface area contributed by atoms with Gasteiger partial charge in [-0.15, -0.1) is 0 Å². The van der Waals surface area contributed by atoms with Gasteiger partial charge in [-0.25, -0.2) is 0 Å². The highest BCUT2D eigenvalue weighted by molar-refractivity contribution is 5.66. The maximum Gasteiger partial charge on any atom is 0.101 e. The SMILES string of the molecule is N#Cc1cccc2c1NC(CCCO)C2. The second-order valence-electron chi connectivity index (χ2n) is 3.86. The molecule has 2 rings (SSSR count). The van der Waals surface area contributed by atoms with Crippen molar-refractivity contribution in [2.75, 3.05) is 11.9 Å². The topological polar surface area (TPSA) is 56.0 Å². The third kappa shape index (κ3) is 1.95. The Morgan fingerprint density at radius 1 is 1.53 bits per heavy atom. The zero-order valence-electron chi connectivity index (χ0n) is 8.53. The Morgan fingerprint density at radius 3 is 3.13 bits per heavy atom. The summed E-state index contributed by atoms with van der Waals surface area (Å²) in [5.74, 6) is 0. The monoisotopic (exact) mass is 202 g/mol. The summed E-state index contributed by atoms with van der Waals surface area (Å²) in [4.78, 5) is 0. The van der Waals surface area contributed by atoms with Crippen LogP contribution in [0.3, 0.4) is 0 Å². The molecule has 1 atom stereocenters. The summed E-state index contributed by atoms with van der Waals surface area (Å²) in [6.45, 7) is 0.236. The molecule has 0 spiro atoms. The quantitative estimate of drug-likeness (QED) is 0.783. The Kier molecular flexibility index (Phi) is 2.89. The van der Waals surface area contributed by atoms with Crippen LogP contribution in [-0.4, -0.2) is 17.8 Å². The van der Waals surface area contributed by atoms with Gasteiger partial charge in [0.2, 0.25) is 0 Å². The Bertz CT molecular complexity index is 395. The van der Waals surface area contributed by atoms with E-state index in [1.165, 1.54) is 5.56 Å². The number of fused-ring (bicyclic) bond motifs is 1. The van der Waals surface area contributed by atoms with Gasteiger partial charge in [0, 0.05) is 12.6 Å². The second-order valence-corrected chi connectivity index (χ2v) is 3.86. The van der Waals surface area contributed by atoms with Gasteiger partial charge in [-0.1, -0.05) is 12.1 Å². The molecular weight excluding hydrogens is 188 g/mol. The number of hydrogen-bond donors (Lipinski definition) is 2. The lowest BCUT2D eigenvalue weighted by molar-refractivity contribution is 0.281. The van der Waals surface area contributed by atoms with E-state index in [2.05, 4.69) is 17.5 Å². The van der Waals surface area contributed by atoms with Crippen molar-refractivity contribution in [3.05, 3.63) is 29.3 Å². The van der Waals surface area contributed by atoms with Crippen LogP contribution in [0.25, 0.3) is 0 Å². The third-order valence-corrected chi connectivity index (χ3v) is 2.80. The van der Waals surface area contributed by atoms with Gasteiger partial charge < -0.3 is 10.4 Å². The summed E-state index contributed by atoms with van der Waals surface area (Å²) in [6, 6.07) is 8.38. The van der Waals surface area contributed by atoms with Crippen molar-refractivity contribution in [1.82, 2.24) is 0 Å². The van der Waals surface area contributed by atoms with Gasteiger partial charge in [-0.05, 0) is 30.9 Å². The largest absolute Gasteiger partial charge is 0.396 e. The first-order chi connectivity index (χ1) is 7.35. The predicted molar refractivity (Wildman–Crippen MR) is 58.6 cm³/mol. The molecule has 3 nitrogen and oxygen atoms in total. The van der Waals surface area contributed by atoms with Gasteiger partial charge >= 0.3 is 0 Å². The number of rotatable bonds is 3. The van der Waals surface area contributed by atoms with Crippen molar-refractivity contribution in [2.24, 2.45) is 0 Å². The molecule has 0 saturated carbocycles. The van der Waals surface area contributed by atoms with Crippen LogP contribution in [0, 0.1) is 11.3 Å². The summed E-state index contributed by atoms with van der Waals surface area (Å²) in [7, 11) is 0. The smallest absolute Gasteiger partial charge is 0.101 e. The van der Waals surface area contributed by atoms with E-state index in [0.717, 1.165) is 30.5 Å². The molecule has 1 aromatic carbocycles. The van der Waals surface area contributed by atoms with Gasteiger partial charge in [-0.2, -0.15) is 5.26 Å². The molecule has 1 aromatic rings. The number of aliphatic hydroxyl groups excluding tert-OH is 1. The lowest BCUT2D eigenvalue weighted by Gasteiger charge is -2.09. The molecule has 2 N–H and O–H groups in total. The maximum absolute atomic E-state index is 8.93. The van der Waals surface area contributed by atoms with Crippen molar-refractivity contribution >= 4 is 5.69 Å². The second kappa shape index (κ2) is 4.33. The number of benzene rings is 1. The average Bonchev–Trinajstić information content (AvgIpc) is 2.68. The molecule has 0 saturated heterocycles. The first kappa shape index (κ1) is 10.0. The van der Waals surface area contributed by atoms with Crippen molar-refractivity contribution in [2.45, 2.75) is 25.3 Å². The fourth-order valence-electron chi connectivity index (χ4n) is 2.07. The number of nitriles is 1. The molecule has 0 bridgehead atoms. The van der Waals surface area contributed by atoms with E-state index in [9.17, 15) is 0 Å². The average molecular weight is 202 g/mol. The van der Waals surface area contributed by atoms with E-state index in [0.29, 0.717) is 6.04 Å². The van der Waals surface area contributed by atoms with Crippen molar-refractivity contribution in [3.8, 4) is 6.07 Å². The van der Waals surface area contributed by atoms with E-state index < -0.39 is 0 Å². The molecule has 78 valence electrons. The number of nitrogens with one attached hydrogen (secondary N) is 1. The Balaban J connectivity index is 2.13. The van der Waals surface area contributed by atoms with E-state index in [-0.39, 0.29) is 6.61 Å². The van der Waals surface area contributed by atoms with Crippen LogP contribution < -0.4 is 5.32 Å². The first-order valence-electron chi connectivity index (χ1n) is 5.24. The van der Waals surface area contributed by atoms with Gasteiger partial charge in [-0.3, -0.25) is 0 Å². The minimum Gasteiger partial charge on any atom is -0.396 e. The van der Waals surface area contributed by atoms with Crippen LogP contribution in [0.2, 0.25) is 0 Å². The molecule has 1 aliphatic rings. The van der Waals surface area contributed by atoms with Crippen LogP contribution in [0.1, 0.15) is 24.0 Å². The predicted octanol–water partition coefficient (Wildman–Crippen LogP) is 1.67. The fourth-order valence-corrected chi connectivity index (χ4v) is 2.07. The first-order valence-corrected chi connectivity index (χ1v) is 5.24. The van der Waals surface area contributed by atoms with E-state index in [1.807, 2.05) is 12.1 Å². The van der Waals surface area contributed by atoms with Crippen LogP contribution >= 0.6 is 0 Å². The highest BCUT2D eigenvalue weighted by Crippen LogP contribution is 2.30. The summed E-state index contributed by atoms with van der Waals surface area (Å²) in [5.41, 5.74) is 2.93. The molecule has 1 unspecified atom stereocenters. The molecule has 0 radical (unpaired) electrons. The Labute approximate surface area is 89.4 Å². The number of aliphatic hydroxyl groups is 1. The lowest BCUT2D eigenvalue weighted by Crippen LogP contribution is -2.15. The maximum atomic E-state index is 8.93. The van der Waals surface area contributed by atoms with Crippen LogP contribution in [0.4, 0.5) is 5.69 Å². The normalized spacial score (nSPS) is 18.0. The van der Waals surface area contributed by atoms with Gasteiger partial charge in [0.15, 0.2) is 0 Å². The minimum atomic E-state index is 0.236. The van der Waals surface area contributed by atoms with Gasteiger partial charge in [0.25, 0.3) is 0 Å². The van der Waals surface area contributed by atoms with E-state index in [4.69, 9.17) is 10.4 Å². The lowest BCUT2D eigenvalue weighted by atomic mass is 10.1. The standard InChI is InChI=1S/C12H14N2O/c13-8-10-4-1-3-9-7-11(5-2-6-15)14-12(9)10/h1,3-4,11,14-15H,2,5-7H2. The highest BCUT2D eigenvalue weighted by atomic mass is 16.2. The zero-order valence-corrected chi connectivity index (χ0v) is 8.53. The Hall–Kier alpha value is -1.53. The van der Waals surface area contributed by atoms with E-state index in [1.54, 1.807) is 0 Å². The van der Waals surface area contributed by atoms with Gasteiger partial charge in [0.05, 0.1) is 11.3 Å². The van der Waals surface area contributed by atoms with Crippen molar-refractivity contribution in [3.63, 3.8) is 0 Å².